The maximum Gasteiger partial charge on any atom is 0.422 e. The molecule has 1 aromatic heterocycles. The molecular weight excluding hydrogens is 303 g/mol. The van der Waals surface area contributed by atoms with Gasteiger partial charge in [0, 0.05) is 25.4 Å². The van der Waals surface area contributed by atoms with Gasteiger partial charge in [-0.15, -0.1) is 0 Å². The van der Waals surface area contributed by atoms with Gasteiger partial charge in [-0.3, -0.25) is 4.79 Å². The van der Waals surface area contributed by atoms with Crippen LogP contribution in [0.2, 0.25) is 0 Å². The maximum atomic E-state index is 12.1. The summed E-state index contributed by atoms with van der Waals surface area (Å²) in [7, 11) is 0. The van der Waals surface area contributed by atoms with E-state index in [1.807, 2.05) is 0 Å². The lowest BCUT2D eigenvalue weighted by Gasteiger charge is -2.12. The van der Waals surface area contributed by atoms with E-state index >= 15 is 0 Å². The van der Waals surface area contributed by atoms with Gasteiger partial charge in [0.15, 0.2) is 6.61 Å². The Morgan fingerprint density at radius 1 is 1.55 bits per heavy atom. The highest BCUT2D eigenvalue weighted by molar-refractivity contribution is 5.82. The molecule has 1 fully saturated rings. The fraction of sp³-hybridized carbons (Fsp3) is 0.538. The molecule has 1 aromatic rings. The van der Waals surface area contributed by atoms with Crippen molar-refractivity contribution in [3.8, 4) is 5.88 Å². The number of amides is 1. The van der Waals surface area contributed by atoms with Crippen LogP contribution in [0.1, 0.15) is 12.0 Å². The average molecular weight is 319 g/mol. The Hall–Kier alpha value is -1.87. The minimum absolute atomic E-state index is 0.137. The molecule has 22 heavy (non-hydrogen) atoms. The Morgan fingerprint density at radius 3 is 2.95 bits per heavy atom. The van der Waals surface area contributed by atoms with E-state index in [2.05, 4.69) is 20.4 Å². The molecule has 2 unspecified atom stereocenters. The third-order valence-electron chi connectivity index (χ3n) is 3.07. The Labute approximate surface area is 124 Å². The third kappa shape index (κ3) is 5.15. The van der Waals surface area contributed by atoms with E-state index < -0.39 is 24.9 Å². The molecule has 0 saturated carbocycles. The van der Waals surface area contributed by atoms with E-state index in [1.54, 1.807) is 6.07 Å². The van der Waals surface area contributed by atoms with E-state index in [4.69, 9.17) is 0 Å². The number of aliphatic hydroxyl groups is 1. The molecule has 0 radical (unpaired) electrons. The summed E-state index contributed by atoms with van der Waals surface area (Å²) in [4.78, 5) is 15.5. The maximum absolute atomic E-state index is 12.1. The van der Waals surface area contributed by atoms with Crippen LogP contribution in [-0.2, 0) is 11.3 Å². The van der Waals surface area contributed by atoms with Crippen LogP contribution in [0.3, 0.4) is 0 Å². The number of ether oxygens (including phenoxy) is 1. The summed E-state index contributed by atoms with van der Waals surface area (Å²) in [6, 6.07) is 2.44. The van der Waals surface area contributed by atoms with Crippen LogP contribution in [-0.4, -0.2) is 47.5 Å². The first-order valence-corrected chi connectivity index (χ1v) is 6.67. The summed E-state index contributed by atoms with van der Waals surface area (Å²) < 4.78 is 40.7. The van der Waals surface area contributed by atoms with Crippen LogP contribution >= 0.6 is 0 Å². The molecule has 0 bridgehead atoms. The minimum Gasteiger partial charge on any atom is -0.468 e. The molecule has 122 valence electrons. The first-order valence-electron chi connectivity index (χ1n) is 6.67. The number of carbonyl (C=O) groups excluding carboxylic acids is 1. The second-order valence-electron chi connectivity index (χ2n) is 4.97. The van der Waals surface area contributed by atoms with Crippen molar-refractivity contribution < 1.29 is 27.8 Å². The van der Waals surface area contributed by atoms with Crippen LogP contribution in [0.25, 0.3) is 0 Å². The van der Waals surface area contributed by atoms with E-state index in [1.165, 1.54) is 12.3 Å². The van der Waals surface area contributed by atoms with Crippen LogP contribution in [0.5, 0.6) is 5.88 Å². The van der Waals surface area contributed by atoms with E-state index in [9.17, 15) is 23.1 Å². The van der Waals surface area contributed by atoms with Crippen molar-refractivity contribution in [3.05, 3.63) is 23.9 Å². The lowest BCUT2D eigenvalue weighted by Crippen LogP contribution is -2.40. The molecule has 0 aliphatic carbocycles. The standard InChI is InChI=1S/C13H16F3N3O3/c14-13(15,16)7-22-11-3-8(1-2-17-11)5-19-12(21)10-4-9(20)6-18-10/h1-3,9-10,18,20H,4-7H2,(H,19,21). The van der Waals surface area contributed by atoms with Gasteiger partial charge in [0.1, 0.15) is 0 Å². The molecule has 0 aromatic carbocycles. The number of aliphatic hydroxyl groups excluding tert-OH is 1. The quantitative estimate of drug-likeness (QED) is 0.730. The molecule has 2 heterocycles. The van der Waals surface area contributed by atoms with E-state index in [-0.39, 0.29) is 18.3 Å². The van der Waals surface area contributed by atoms with Gasteiger partial charge in [0.2, 0.25) is 11.8 Å². The van der Waals surface area contributed by atoms with Gasteiger partial charge in [0.25, 0.3) is 0 Å². The molecule has 6 nitrogen and oxygen atoms in total. The SMILES string of the molecule is O=C(NCc1ccnc(OCC(F)(F)F)c1)C1CC(O)CN1. The van der Waals surface area contributed by atoms with Gasteiger partial charge in [0.05, 0.1) is 12.1 Å². The van der Waals surface area contributed by atoms with Gasteiger partial charge in [-0.2, -0.15) is 13.2 Å². The molecule has 2 rings (SSSR count). The topological polar surface area (TPSA) is 83.5 Å². The number of nitrogens with one attached hydrogen (secondary N) is 2. The largest absolute Gasteiger partial charge is 0.468 e. The Morgan fingerprint density at radius 2 is 2.32 bits per heavy atom. The van der Waals surface area contributed by atoms with Crippen molar-refractivity contribution in [1.29, 1.82) is 0 Å². The van der Waals surface area contributed by atoms with E-state index in [0.717, 1.165) is 0 Å². The number of nitrogens with zero attached hydrogens (tertiary/aromatic N) is 1. The van der Waals surface area contributed by atoms with Crippen LogP contribution in [0.15, 0.2) is 18.3 Å². The lowest BCUT2D eigenvalue weighted by atomic mass is 10.2. The molecule has 1 aliphatic heterocycles. The second-order valence-corrected chi connectivity index (χ2v) is 4.97. The van der Waals surface area contributed by atoms with Crippen LogP contribution in [0, 0.1) is 0 Å². The van der Waals surface area contributed by atoms with Crippen molar-refractivity contribution in [2.24, 2.45) is 0 Å². The third-order valence-corrected chi connectivity index (χ3v) is 3.07. The number of hydrogen-bond acceptors (Lipinski definition) is 5. The number of pyridine rings is 1. The first kappa shape index (κ1) is 16.5. The number of rotatable bonds is 5. The molecule has 3 N–H and O–H groups in total. The molecule has 1 saturated heterocycles. The first-order chi connectivity index (χ1) is 10.3. The van der Waals surface area contributed by atoms with Crippen molar-refractivity contribution in [2.45, 2.75) is 31.3 Å². The Balaban J connectivity index is 1.84. The van der Waals surface area contributed by atoms with Crippen molar-refractivity contribution in [1.82, 2.24) is 15.6 Å². The number of aromatic nitrogens is 1. The number of alkyl halides is 3. The fourth-order valence-corrected chi connectivity index (χ4v) is 2.02. The van der Waals surface area contributed by atoms with Crippen molar-refractivity contribution in [3.63, 3.8) is 0 Å². The molecule has 0 spiro atoms. The summed E-state index contributed by atoms with van der Waals surface area (Å²) in [5.41, 5.74) is 0.569. The zero-order chi connectivity index (χ0) is 16.2. The van der Waals surface area contributed by atoms with Crippen LogP contribution in [0.4, 0.5) is 13.2 Å². The molecule has 1 amide bonds. The highest BCUT2D eigenvalue weighted by Gasteiger charge is 2.29. The molecule has 9 heteroatoms. The lowest BCUT2D eigenvalue weighted by molar-refractivity contribution is -0.154. The van der Waals surface area contributed by atoms with Gasteiger partial charge < -0.3 is 20.5 Å². The highest BCUT2D eigenvalue weighted by Crippen LogP contribution is 2.17. The monoisotopic (exact) mass is 319 g/mol. The molecular formula is C13H16F3N3O3. The normalized spacial score (nSPS) is 21.6. The second kappa shape index (κ2) is 6.93. The zero-order valence-electron chi connectivity index (χ0n) is 11.6. The number of halogens is 3. The van der Waals surface area contributed by atoms with Crippen molar-refractivity contribution >= 4 is 5.91 Å². The van der Waals surface area contributed by atoms with Gasteiger partial charge in [-0.25, -0.2) is 4.98 Å². The Bertz CT molecular complexity index is 525. The van der Waals surface area contributed by atoms with Crippen molar-refractivity contribution in [2.75, 3.05) is 13.2 Å². The summed E-state index contributed by atoms with van der Waals surface area (Å²) in [5, 5.41) is 14.8. The number of carbonyl (C=O) groups is 1. The fourth-order valence-electron chi connectivity index (χ4n) is 2.02. The summed E-state index contributed by atoms with van der Waals surface area (Å²) in [6.45, 7) is -0.916. The molecule has 2 atom stereocenters. The predicted octanol–water partition coefficient (Wildman–Crippen LogP) is 0.362. The summed E-state index contributed by atoms with van der Waals surface area (Å²) >= 11 is 0. The Kier molecular flexibility index (Phi) is 5.19. The minimum atomic E-state index is -4.43. The number of β-amino-alcohol motifs (C(OH)–C–C–N with tert-alkyl or cyclic N) is 1. The van der Waals surface area contributed by atoms with Gasteiger partial charge in [-0.05, 0) is 18.1 Å². The van der Waals surface area contributed by atoms with Crippen LogP contribution < -0.4 is 15.4 Å². The van der Waals surface area contributed by atoms with Gasteiger partial charge in [-0.1, -0.05) is 0 Å². The molecule has 1 aliphatic rings. The predicted molar refractivity (Wildman–Crippen MR) is 70.0 cm³/mol. The van der Waals surface area contributed by atoms with E-state index in [0.29, 0.717) is 18.5 Å². The number of hydrogen-bond donors (Lipinski definition) is 3. The average Bonchev–Trinajstić information content (AvgIpc) is 2.89. The summed E-state index contributed by atoms with van der Waals surface area (Å²) in [5.74, 6) is -0.426. The smallest absolute Gasteiger partial charge is 0.422 e. The van der Waals surface area contributed by atoms with Gasteiger partial charge >= 0.3 is 6.18 Å². The zero-order valence-corrected chi connectivity index (χ0v) is 11.6. The highest BCUT2D eigenvalue weighted by atomic mass is 19.4. The summed E-state index contributed by atoms with van der Waals surface area (Å²) in [6.07, 6.45) is -3.33.